The van der Waals surface area contributed by atoms with E-state index in [4.69, 9.17) is 9.72 Å². The molecule has 2 amide bonds. The van der Waals surface area contributed by atoms with Gasteiger partial charge >= 0.3 is 0 Å². The van der Waals surface area contributed by atoms with E-state index in [0.29, 0.717) is 66.8 Å². The lowest BCUT2D eigenvalue weighted by Crippen LogP contribution is -2.45. The second-order valence-corrected chi connectivity index (χ2v) is 11.5. The highest BCUT2D eigenvalue weighted by atomic mass is 16.5. The standard InChI is InChI=1S/C36H33N5O3/c37-23-26-8-7-9-27(20-26)24-44-29-12-13-32-30(21-29)31(34(42)40-16-5-2-6-17-40)22-33(39-32)35(43)41-18-14-36(25-38,15-19-41)28-10-3-1-4-11-28/h1,3-4,7-13,20-22H,2,5-6,14-19,24H2. The molecule has 0 radical (unpaired) electrons. The molecule has 220 valence electrons. The number of amides is 2. The number of aromatic nitrogens is 1. The van der Waals surface area contributed by atoms with Gasteiger partial charge in [0.25, 0.3) is 11.8 Å². The molecule has 0 atom stereocenters. The lowest BCUT2D eigenvalue weighted by atomic mass is 9.74. The smallest absolute Gasteiger partial charge is 0.272 e. The molecule has 0 N–H and O–H groups in total. The number of ether oxygens (including phenoxy) is 1. The van der Waals surface area contributed by atoms with Crippen molar-refractivity contribution < 1.29 is 14.3 Å². The van der Waals surface area contributed by atoms with E-state index in [1.807, 2.05) is 53.4 Å². The molecule has 4 aromatic rings. The number of nitriles is 2. The third kappa shape index (κ3) is 5.85. The Balaban J connectivity index is 1.28. The monoisotopic (exact) mass is 583 g/mol. The molecular weight excluding hydrogens is 550 g/mol. The normalized spacial score (nSPS) is 16.1. The molecule has 2 saturated heterocycles. The molecule has 1 aromatic heterocycles. The summed E-state index contributed by atoms with van der Waals surface area (Å²) in [5.41, 5.74) is 2.98. The van der Waals surface area contributed by atoms with Gasteiger partial charge in [-0.25, -0.2) is 4.98 Å². The maximum absolute atomic E-state index is 13.9. The number of likely N-dealkylation sites (tertiary alicyclic amines) is 2. The first-order valence-electron chi connectivity index (χ1n) is 15.1. The van der Waals surface area contributed by atoms with Crippen molar-refractivity contribution in [2.24, 2.45) is 0 Å². The molecule has 0 saturated carbocycles. The van der Waals surface area contributed by atoms with Crippen molar-refractivity contribution in [3.8, 4) is 17.9 Å². The Morgan fingerprint density at radius 1 is 0.818 bits per heavy atom. The van der Waals surface area contributed by atoms with Crippen LogP contribution >= 0.6 is 0 Å². The molecule has 2 aliphatic rings. The van der Waals surface area contributed by atoms with Crippen molar-refractivity contribution in [3.63, 3.8) is 0 Å². The van der Waals surface area contributed by atoms with E-state index in [1.54, 1.807) is 35.2 Å². The first-order valence-corrected chi connectivity index (χ1v) is 15.1. The summed E-state index contributed by atoms with van der Waals surface area (Å²) in [4.78, 5) is 36.0. The van der Waals surface area contributed by atoms with Gasteiger partial charge in [0.2, 0.25) is 0 Å². The van der Waals surface area contributed by atoms with Crippen molar-refractivity contribution in [2.75, 3.05) is 26.2 Å². The summed E-state index contributed by atoms with van der Waals surface area (Å²) in [5.74, 6) is 0.214. The summed E-state index contributed by atoms with van der Waals surface area (Å²) in [7, 11) is 0. The van der Waals surface area contributed by atoms with Gasteiger partial charge in [-0.2, -0.15) is 10.5 Å². The lowest BCUT2D eigenvalue weighted by Gasteiger charge is -2.37. The van der Waals surface area contributed by atoms with E-state index in [0.717, 1.165) is 30.4 Å². The summed E-state index contributed by atoms with van der Waals surface area (Å²) < 4.78 is 6.06. The van der Waals surface area contributed by atoms with Gasteiger partial charge in [0.15, 0.2) is 0 Å². The average Bonchev–Trinajstić information content (AvgIpc) is 3.10. The van der Waals surface area contributed by atoms with Crippen LogP contribution in [0.2, 0.25) is 0 Å². The van der Waals surface area contributed by atoms with E-state index in [-0.39, 0.29) is 24.1 Å². The van der Waals surface area contributed by atoms with Crippen LogP contribution < -0.4 is 4.74 Å². The van der Waals surface area contributed by atoms with Crippen molar-refractivity contribution in [1.29, 1.82) is 10.5 Å². The molecule has 44 heavy (non-hydrogen) atoms. The number of carbonyl (C=O) groups is 2. The minimum absolute atomic E-state index is 0.115. The quantitative estimate of drug-likeness (QED) is 0.275. The number of piperidine rings is 2. The van der Waals surface area contributed by atoms with Gasteiger partial charge < -0.3 is 14.5 Å². The second kappa shape index (κ2) is 12.6. The Hall–Kier alpha value is -5.21. The van der Waals surface area contributed by atoms with Crippen LogP contribution in [0.15, 0.2) is 78.9 Å². The first-order chi connectivity index (χ1) is 21.5. The molecule has 2 fully saturated rings. The molecule has 3 aromatic carbocycles. The number of rotatable bonds is 6. The minimum atomic E-state index is -0.628. The summed E-state index contributed by atoms with van der Waals surface area (Å²) in [5, 5.41) is 19.9. The van der Waals surface area contributed by atoms with Crippen LogP contribution in [-0.4, -0.2) is 52.8 Å². The van der Waals surface area contributed by atoms with E-state index < -0.39 is 5.41 Å². The predicted octanol–water partition coefficient (Wildman–Crippen LogP) is 6.01. The van der Waals surface area contributed by atoms with Gasteiger partial charge in [0, 0.05) is 31.6 Å². The summed E-state index contributed by atoms with van der Waals surface area (Å²) in [6.45, 7) is 2.48. The van der Waals surface area contributed by atoms with Gasteiger partial charge in [-0.05, 0) is 79.6 Å². The molecule has 8 nitrogen and oxygen atoms in total. The van der Waals surface area contributed by atoms with Crippen LogP contribution in [0.1, 0.15) is 69.6 Å². The van der Waals surface area contributed by atoms with Gasteiger partial charge in [-0.1, -0.05) is 42.5 Å². The van der Waals surface area contributed by atoms with Gasteiger partial charge in [0.05, 0.1) is 34.2 Å². The molecule has 6 rings (SSSR count). The van der Waals surface area contributed by atoms with E-state index >= 15 is 0 Å². The summed E-state index contributed by atoms with van der Waals surface area (Å²) >= 11 is 0. The fraction of sp³-hybridized carbons (Fsp3) is 0.306. The Labute approximate surface area is 257 Å². The van der Waals surface area contributed by atoms with Crippen molar-refractivity contribution in [2.45, 2.75) is 44.1 Å². The number of pyridine rings is 1. The maximum atomic E-state index is 13.9. The van der Waals surface area contributed by atoms with Crippen LogP contribution in [0, 0.1) is 22.7 Å². The molecule has 0 spiro atoms. The SMILES string of the molecule is N#Cc1cccc(COc2ccc3nc(C(=O)N4CCC(C#N)(c5ccccc5)CC4)cc(C(=O)N4CCCCC4)c3c2)c1. The third-order valence-electron chi connectivity index (χ3n) is 8.78. The molecule has 0 bridgehead atoms. The summed E-state index contributed by atoms with van der Waals surface area (Å²) in [6.07, 6.45) is 4.06. The number of hydrogen-bond acceptors (Lipinski definition) is 6. The van der Waals surface area contributed by atoms with Crippen LogP contribution in [0.3, 0.4) is 0 Å². The summed E-state index contributed by atoms with van der Waals surface area (Å²) in [6, 6.07) is 28.7. The number of benzene rings is 3. The molecule has 0 unspecified atom stereocenters. The van der Waals surface area contributed by atoms with Crippen LogP contribution in [0.4, 0.5) is 0 Å². The molecule has 3 heterocycles. The number of carbonyl (C=O) groups excluding carboxylic acids is 2. The first kappa shape index (κ1) is 28.9. The van der Waals surface area contributed by atoms with Crippen LogP contribution in [0.25, 0.3) is 10.9 Å². The highest BCUT2D eigenvalue weighted by Gasteiger charge is 2.38. The number of nitrogens with zero attached hydrogens (tertiary/aromatic N) is 5. The maximum Gasteiger partial charge on any atom is 0.272 e. The Morgan fingerprint density at radius 2 is 1.57 bits per heavy atom. The fourth-order valence-corrected chi connectivity index (χ4v) is 6.22. The van der Waals surface area contributed by atoms with Gasteiger partial charge in [0.1, 0.15) is 18.1 Å². The second-order valence-electron chi connectivity index (χ2n) is 11.5. The lowest BCUT2D eigenvalue weighted by molar-refractivity contribution is 0.0686. The Bertz CT molecular complexity index is 1780. The Morgan fingerprint density at radius 3 is 2.30 bits per heavy atom. The van der Waals surface area contributed by atoms with Crippen LogP contribution in [-0.2, 0) is 12.0 Å². The molecule has 2 aliphatic heterocycles. The Kier molecular flexibility index (Phi) is 8.25. The fourth-order valence-electron chi connectivity index (χ4n) is 6.22. The van der Waals surface area contributed by atoms with Gasteiger partial charge in [-0.15, -0.1) is 0 Å². The van der Waals surface area contributed by atoms with E-state index in [1.165, 1.54) is 0 Å². The number of fused-ring (bicyclic) bond motifs is 1. The van der Waals surface area contributed by atoms with Gasteiger partial charge in [-0.3, -0.25) is 9.59 Å². The highest BCUT2D eigenvalue weighted by molar-refractivity contribution is 6.09. The van der Waals surface area contributed by atoms with Crippen LogP contribution in [0.5, 0.6) is 5.75 Å². The third-order valence-corrected chi connectivity index (χ3v) is 8.78. The van der Waals surface area contributed by atoms with E-state index in [2.05, 4.69) is 12.1 Å². The van der Waals surface area contributed by atoms with Crippen molar-refractivity contribution in [3.05, 3.63) is 107 Å². The average molecular weight is 584 g/mol. The molecule has 8 heteroatoms. The zero-order valence-electron chi connectivity index (χ0n) is 24.5. The predicted molar refractivity (Wildman–Crippen MR) is 166 cm³/mol. The number of hydrogen-bond donors (Lipinski definition) is 0. The zero-order chi connectivity index (χ0) is 30.5. The largest absolute Gasteiger partial charge is 0.489 e. The minimum Gasteiger partial charge on any atom is -0.489 e. The van der Waals surface area contributed by atoms with Crippen molar-refractivity contribution >= 4 is 22.7 Å². The zero-order valence-corrected chi connectivity index (χ0v) is 24.5. The molecule has 0 aliphatic carbocycles. The topological polar surface area (TPSA) is 110 Å². The van der Waals surface area contributed by atoms with Crippen molar-refractivity contribution in [1.82, 2.24) is 14.8 Å². The van der Waals surface area contributed by atoms with E-state index in [9.17, 15) is 20.1 Å². The highest BCUT2D eigenvalue weighted by Crippen LogP contribution is 2.35. The molecular formula is C36H33N5O3.